The Morgan fingerprint density at radius 1 is 1.53 bits per heavy atom. The van der Waals surface area contributed by atoms with E-state index in [1.54, 1.807) is 0 Å². The molecule has 0 radical (unpaired) electrons. The summed E-state index contributed by atoms with van der Waals surface area (Å²) in [7, 11) is 0. The molecule has 0 saturated heterocycles. The zero-order valence-electron chi connectivity index (χ0n) is 9.47. The maximum Gasteiger partial charge on any atom is 0.303 e. The second kappa shape index (κ2) is 4.75. The highest BCUT2D eigenvalue weighted by Gasteiger charge is 2.18. The summed E-state index contributed by atoms with van der Waals surface area (Å²) in [5, 5.41) is 0.969. The van der Waals surface area contributed by atoms with Crippen molar-refractivity contribution >= 4 is 16.9 Å². The van der Waals surface area contributed by atoms with E-state index in [2.05, 4.69) is 5.92 Å². The average Bonchev–Trinajstić information content (AvgIpc) is 2.71. The fourth-order valence-corrected chi connectivity index (χ4v) is 1.67. The number of furan rings is 1. The van der Waals surface area contributed by atoms with Crippen LogP contribution in [0, 0.1) is 12.3 Å². The molecule has 3 nitrogen and oxygen atoms in total. The zero-order valence-corrected chi connectivity index (χ0v) is 9.47. The number of para-hydroxylation sites is 1. The first kappa shape index (κ1) is 11.3. The number of benzene rings is 1. The normalized spacial score (nSPS) is 12.0. The third-order valence-corrected chi connectivity index (χ3v) is 2.37. The Kier molecular flexibility index (Phi) is 3.15. The van der Waals surface area contributed by atoms with Gasteiger partial charge in [-0.2, -0.15) is 0 Å². The predicted molar refractivity (Wildman–Crippen MR) is 64.2 cm³/mol. The van der Waals surface area contributed by atoms with Gasteiger partial charge in [-0.1, -0.05) is 18.2 Å². The van der Waals surface area contributed by atoms with E-state index in [0.29, 0.717) is 12.2 Å². The van der Waals surface area contributed by atoms with Gasteiger partial charge in [0.1, 0.15) is 11.3 Å². The van der Waals surface area contributed by atoms with Crippen LogP contribution in [0.5, 0.6) is 0 Å². The highest BCUT2D eigenvalue weighted by atomic mass is 16.5. The molecule has 0 aliphatic heterocycles. The second-order valence-electron chi connectivity index (χ2n) is 3.69. The van der Waals surface area contributed by atoms with E-state index in [4.69, 9.17) is 15.6 Å². The number of carbonyl (C=O) groups is 1. The van der Waals surface area contributed by atoms with Crippen molar-refractivity contribution in [1.82, 2.24) is 0 Å². The second-order valence-corrected chi connectivity index (χ2v) is 3.69. The maximum absolute atomic E-state index is 11.0. The molecule has 1 unspecified atom stereocenters. The SMILES string of the molecule is C#CCC(OC(C)=O)c1cc2ccccc2o1. The van der Waals surface area contributed by atoms with Crippen molar-refractivity contribution < 1.29 is 13.9 Å². The number of hydrogen-bond acceptors (Lipinski definition) is 3. The van der Waals surface area contributed by atoms with Crippen molar-refractivity contribution in [2.75, 3.05) is 0 Å². The van der Waals surface area contributed by atoms with Gasteiger partial charge >= 0.3 is 5.97 Å². The lowest BCUT2D eigenvalue weighted by Crippen LogP contribution is -2.06. The van der Waals surface area contributed by atoms with E-state index < -0.39 is 6.10 Å². The van der Waals surface area contributed by atoms with Crippen molar-refractivity contribution in [2.24, 2.45) is 0 Å². The molecule has 1 aromatic heterocycles. The van der Waals surface area contributed by atoms with Crippen LogP contribution in [-0.2, 0) is 9.53 Å². The molecule has 1 atom stereocenters. The van der Waals surface area contributed by atoms with Crippen molar-refractivity contribution in [3.05, 3.63) is 36.1 Å². The van der Waals surface area contributed by atoms with Crippen LogP contribution in [0.4, 0.5) is 0 Å². The van der Waals surface area contributed by atoms with Gasteiger partial charge in [0.25, 0.3) is 0 Å². The molecule has 0 aliphatic carbocycles. The van der Waals surface area contributed by atoms with E-state index in [1.807, 2.05) is 30.3 Å². The first-order valence-corrected chi connectivity index (χ1v) is 5.30. The fourth-order valence-electron chi connectivity index (χ4n) is 1.67. The standard InChI is InChI=1S/C14H12O3/c1-3-6-13(16-10(2)15)14-9-11-7-4-5-8-12(11)17-14/h1,4-5,7-9,13H,6H2,2H3. The summed E-state index contributed by atoms with van der Waals surface area (Å²) in [5.41, 5.74) is 0.761. The zero-order chi connectivity index (χ0) is 12.3. The van der Waals surface area contributed by atoms with E-state index >= 15 is 0 Å². The van der Waals surface area contributed by atoms with Crippen LogP contribution in [0.1, 0.15) is 25.2 Å². The monoisotopic (exact) mass is 228 g/mol. The summed E-state index contributed by atoms with van der Waals surface area (Å²) in [6.07, 6.45) is 5.05. The molecule has 2 rings (SSSR count). The molecule has 17 heavy (non-hydrogen) atoms. The number of fused-ring (bicyclic) bond motifs is 1. The fraction of sp³-hybridized carbons (Fsp3) is 0.214. The van der Waals surface area contributed by atoms with E-state index in [9.17, 15) is 4.79 Å². The number of rotatable bonds is 3. The number of hydrogen-bond donors (Lipinski definition) is 0. The molecule has 0 fully saturated rings. The Balaban J connectivity index is 2.35. The van der Waals surface area contributed by atoms with Crippen LogP contribution in [0.25, 0.3) is 11.0 Å². The molecular weight excluding hydrogens is 216 g/mol. The number of esters is 1. The van der Waals surface area contributed by atoms with Crippen LogP contribution in [-0.4, -0.2) is 5.97 Å². The van der Waals surface area contributed by atoms with Crippen LogP contribution >= 0.6 is 0 Å². The van der Waals surface area contributed by atoms with Gasteiger partial charge in [0.2, 0.25) is 0 Å². The molecule has 2 aromatic rings. The van der Waals surface area contributed by atoms with Crippen molar-refractivity contribution in [3.8, 4) is 12.3 Å². The summed E-state index contributed by atoms with van der Waals surface area (Å²) in [4.78, 5) is 11.0. The van der Waals surface area contributed by atoms with E-state index in [-0.39, 0.29) is 5.97 Å². The van der Waals surface area contributed by atoms with Gasteiger partial charge < -0.3 is 9.15 Å². The maximum atomic E-state index is 11.0. The molecule has 0 amide bonds. The molecular formula is C14H12O3. The first-order valence-electron chi connectivity index (χ1n) is 5.30. The topological polar surface area (TPSA) is 39.4 Å². The lowest BCUT2D eigenvalue weighted by Gasteiger charge is -2.11. The third kappa shape index (κ3) is 2.48. The van der Waals surface area contributed by atoms with Gasteiger partial charge in [-0.25, -0.2) is 0 Å². The molecule has 0 spiro atoms. The van der Waals surface area contributed by atoms with Crippen LogP contribution < -0.4 is 0 Å². The molecule has 1 heterocycles. The van der Waals surface area contributed by atoms with Crippen molar-refractivity contribution in [3.63, 3.8) is 0 Å². The van der Waals surface area contributed by atoms with E-state index in [1.165, 1.54) is 6.92 Å². The summed E-state index contributed by atoms with van der Waals surface area (Å²) < 4.78 is 10.7. The van der Waals surface area contributed by atoms with Gasteiger partial charge in [0, 0.05) is 12.3 Å². The van der Waals surface area contributed by atoms with Gasteiger partial charge in [0.15, 0.2) is 6.10 Å². The third-order valence-electron chi connectivity index (χ3n) is 2.37. The van der Waals surface area contributed by atoms with Gasteiger partial charge in [-0.05, 0) is 12.1 Å². The highest BCUT2D eigenvalue weighted by molar-refractivity contribution is 5.78. The summed E-state index contributed by atoms with van der Waals surface area (Å²) in [6, 6.07) is 9.45. The number of ether oxygens (including phenoxy) is 1. The minimum atomic E-state index is -0.509. The number of terminal acetylenes is 1. The first-order chi connectivity index (χ1) is 8.20. The minimum absolute atomic E-state index is 0.305. The summed E-state index contributed by atoms with van der Waals surface area (Å²) in [6.45, 7) is 1.35. The Bertz CT molecular complexity index is 541. The van der Waals surface area contributed by atoms with Gasteiger partial charge in [-0.3, -0.25) is 4.79 Å². The molecule has 0 bridgehead atoms. The lowest BCUT2D eigenvalue weighted by molar-refractivity contribution is -0.147. The smallest absolute Gasteiger partial charge is 0.303 e. The quantitative estimate of drug-likeness (QED) is 0.598. The Hall–Kier alpha value is -2.21. The molecule has 0 saturated carbocycles. The molecule has 0 aliphatic rings. The van der Waals surface area contributed by atoms with Crippen LogP contribution in [0.2, 0.25) is 0 Å². The Labute approximate surface area is 99.4 Å². The van der Waals surface area contributed by atoms with Gasteiger partial charge in [0.05, 0.1) is 6.42 Å². The van der Waals surface area contributed by atoms with Crippen LogP contribution in [0.3, 0.4) is 0 Å². The average molecular weight is 228 g/mol. The number of carbonyl (C=O) groups excluding carboxylic acids is 1. The Morgan fingerprint density at radius 3 is 2.94 bits per heavy atom. The van der Waals surface area contributed by atoms with Crippen LogP contribution in [0.15, 0.2) is 34.7 Å². The van der Waals surface area contributed by atoms with Crippen molar-refractivity contribution in [1.29, 1.82) is 0 Å². The molecule has 86 valence electrons. The minimum Gasteiger partial charge on any atom is -0.457 e. The lowest BCUT2D eigenvalue weighted by atomic mass is 10.2. The molecule has 0 N–H and O–H groups in total. The van der Waals surface area contributed by atoms with Crippen molar-refractivity contribution in [2.45, 2.75) is 19.4 Å². The summed E-state index contributed by atoms with van der Waals surface area (Å²) >= 11 is 0. The predicted octanol–water partition coefficient (Wildman–Crippen LogP) is 3.06. The Morgan fingerprint density at radius 2 is 2.29 bits per heavy atom. The van der Waals surface area contributed by atoms with Gasteiger partial charge in [-0.15, -0.1) is 12.3 Å². The highest BCUT2D eigenvalue weighted by Crippen LogP contribution is 2.27. The largest absolute Gasteiger partial charge is 0.457 e. The van der Waals surface area contributed by atoms with E-state index in [0.717, 1.165) is 11.0 Å². The summed E-state index contributed by atoms with van der Waals surface area (Å²) in [5.74, 6) is 2.69. The molecule has 1 aromatic carbocycles. The molecule has 3 heteroatoms.